The zero-order valence-electron chi connectivity index (χ0n) is 17.8. The number of rotatable bonds is 4. The standard InChI is InChI=1S/C23H23F3N4O2/c1-15-8-17(9-16-4-3-5-19(10-16)23(24,25)26)11-20(28-15)21-14-30(6-7-32-21)22(31)18-12-27-29(2)13-18/h3-5,8,10-13,21H,6-7,9,14H2,1-2H3. The SMILES string of the molecule is Cc1cc(Cc2cccc(C(F)(F)F)c2)cc(C2CN(C(=O)c3cnn(C)c3)CCO2)n1. The molecule has 0 spiro atoms. The van der Waals surface area contributed by atoms with Crippen molar-refractivity contribution in [3.8, 4) is 0 Å². The molecule has 0 saturated carbocycles. The quantitative estimate of drug-likeness (QED) is 0.612. The molecule has 1 saturated heterocycles. The number of carbonyl (C=O) groups is 1. The molecule has 4 rings (SSSR count). The average molecular weight is 444 g/mol. The molecule has 3 aromatic rings. The van der Waals surface area contributed by atoms with Crippen LogP contribution in [0.5, 0.6) is 0 Å². The molecule has 1 unspecified atom stereocenters. The van der Waals surface area contributed by atoms with Crippen LogP contribution >= 0.6 is 0 Å². The Kier molecular flexibility index (Phi) is 6.01. The first-order valence-electron chi connectivity index (χ1n) is 10.2. The van der Waals surface area contributed by atoms with Crippen LogP contribution in [0, 0.1) is 6.92 Å². The van der Waals surface area contributed by atoms with E-state index in [1.807, 2.05) is 19.1 Å². The Hall–Kier alpha value is -3.20. The fourth-order valence-electron chi connectivity index (χ4n) is 3.86. The summed E-state index contributed by atoms with van der Waals surface area (Å²) in [6.45, 7) is 3.01. The van der Waals surface area contributed by atoms with Crippen molar-refractivity contribution >= 4 is 5.91 Å². The Bertz CT molecular complexity index is 1130. The molecule has 168 valence electrons. The number of nitrogens with zero attached hydrogens (tertiary/aromatic N) is 4. The van der Waals surface area contributed by atoms with Gasteiger partial charge in [0.25, 0.3) is 5.91 Å². The van der Waals surface area contributed by atoms with Gasteiger partial charge in [-0.3, -0.25) is 14.5 Å². The van der Waals surface area contributed by atoms with Gasteiger partial charge in [0.1, 0.15) is 6.10 Å². The lowest BCUT2D eigenvalue weighted by molar-refractivity contribution is -0.137. The largest absolute Gasteiger partial charge is 0.416 e. The monoisotopic (exact) mass is 444 g/mol. The summed E-state index contributed by atoms with van der Waals surface area (Å²) in [5.74, 6) is -0.122. The lowest BCUT2D eigenvalue weighted by Gasteiger charge is -2.32. The highest BCUT2D eigenvalue weighted by Crippen LogP contribution is 2.30. The van der Waals surface area contributed by atoms with E-state index in [0.29, 0.717) is 42.9 Å². The summed E-state index contributed by atoms with van der Waals surface area (Å²) in [5, 5.41) is 4.05. The lowest BCUT2D eigenvalue weighted by Crippen LogP contribution is -2.42. The van der Waals surface area contributed by atoms with Crippen LogP contribution in [0.2, 0.25) is 0 Å². The molecule has 0 bridgehead atoms. The maximum absolute atomic E-state index is 13.0. The molecule has 32 heavy (non-hydrogen) atoms. The van der Waals surface area contributed by atoms with Gasteiger partial charge in [0.05, 0.1) is 36.2 Å². The van der Waals surface area contributed by atoms with Gasteiger partial charge in [-0.05, 0) is 42.7 Å². The van der Waals surface area contributed by atoms with Crippen LogP contribution in [0.25, 0.3) is 0 Å². The minimum atomic E-state index is -4.38. The summed E-state index contributed by atoms with van der Waals surface area (Å²) in [4.78, 5) is 19.1. The Balaban J connectivity index is 1.53. The number of pyridine rings is 1. The normalized spacial score (nSPS) is 16.9. The van der Waals surface area contributed by atoms with Crippen molar-refractivity contribution in [2.45, 2.75) is 25.6 Å². The van der Waals surface area contributed by atoms with Crippen LogP contribution in [0.15, 0.2) is 48.8 Å². The van der Waals surface area contributed by atoms with Crippen molar-refractivity contribution in [2.75, 3.05) is 19.7 Å². The maximum Gasteiger partial charge on any atom is 0.416 e. The fraction of sp³-hybridized carbons (Fsp3) is 0.348. The number of alkyl halides is 3. The highest BCUT2D eigenvalue weighted by atomic mass is 19.4. The van der Waals surface area contributed by atoms with E-state index in [4.69, 9.17) is 4.74 Å². The number of hydrogen-bond acceptors (Lipinski definition) is 4. The van der Waals surface area contributed by atoms with Gasteiger partial charge in [-0.15, -0.1) is 0 Å². The van der Waals surface area contributed by atoms with E-state index in [-0.39, 0.29) is 5.91 Å². The smallest absolute Gasteiger partial charge is 0.368 e. The summed E-state index contributed by atoms with van der Waals surface area (Å²) in [7, 11) is 1.75. The van der Waals surface area contributed by atoms with Crippen LogP contribution in [0.4, 0.5) is 13.2 Å². The van der Waals surface area contributed by atoms with E-state index >= 15 is 0 Å². The van der Waals surface area contributed by atoms with Crippen LogP contribution in [-0.4, -0.2) is 45.3 Å². The van der Waals surface area contributed by atoms with Gasteiger partial charge >= 0.3 is 6.18 Å². The lowest BCUT2D eigenvalue weighted by atomic mass is 10.0. The Labute approximate surface area is 183 Å². The fourth-order valence-corrected chi connectivity index (χ4v) is 3.86. The maximum atomic E-state index is 13.0. The highest BCUT2D eigenvalue weighted by Gasteiger charge is 2.30. The molecule has 1 aliphatic heterocycles. The first kappa shape index (κ1) is 22.0. The minimum Gasteiger partial charge on any atom is -0.368 e. The van der Waals surface area contributed by atoms with Crippen molar-refractivity contribution in [3.63, 3.8) is 0 Å². The number of halogens is 3. The number of benzene rings is 1. The van der Waals surface area contributed by atoms with Crippen LogP contribution < -0.4 is 0 Å². The number of aryl methyl sites for hydroxylation is 2. The second kappa shape index (κ2) is 8.74. The summed E-state index contributed by atoms with van der Waals surface area (Å²) in [6.07, 6.45) is -1.25. The Morgan fingerprint density at radius 3 is 2.75 bits per heavy atom. The van der Waals surface area contributed by atoms with E-state index in [9.17, 15) is 18.0 Å². The number of ether oxygens (including phenoxy) is 1. The molecule has 0 aliphatic carbocycles. The van der Waals surface area contributed by atoms with Crippen LogP contribution in [0.3, 0.4) is 0 Å². The number of aromatic nitrogens is 3. The van der Waals surface area contributed by atoms with E-state index in [2.05, 4.69) is 10.1 Å². The average Bonchev–Trinajstić information content (AvgIpc) is 3.19. The molecular formula is C23H23F3N4O2. The predicted octanol–water partition coefficient (Wildman–Crippen LogP) is 3.95. The van der Waals surface area contributed by atoms with E-state index in [1.54, 1.807) is 28.9 Å². The summed E-state index contributed by atoms with van der Waals surface area (Å²) >= 11 is 0. The summed E-state index contributed by atoms with van der Waals surface area (Å²) in [6, 6.07) is 9.02. The van der Waals surface area contributed by atoms with Gasteiger partial charge in [-0.25, -0.2) is 0 Å². The van der Waals surface area contributed by atoms with E-state index < -0.39 is 17.8 Å². The molecule has 1 amide bonds. The topological polar surface area (TPSA) is 60.2 Å². The highest BCUT2D eigenvalue weighted by molar-refractivity contribution is 5.93. The van der Waals surface area contributed by atoms with Gasteiger partial charge in [-0.2, -0.15) is 18.3 Å². The zero-order chi connectivity index (χ0) is 22.9. The molecule has 0 N–H and O–H groups in total. The molecular weight excluding hydrogens is 421 g/mol. The molecule has 2 aromatic heterocycles. The molecule has 3 heterocycles. The van der Waals surface area contributed by atoms with Crippen LogP contribution in [-0.2, 0) is 24.4 Å². The summed E-state index contributed by atoms with van der Waals surface area (Å²) < 4.78 is 46.6. The Morgan fingerprint density at radius 1 is 1.22 bits per heavy atom. The Morgan fingerprint density at radius 2 is 2.03 bits per heavy atom. The minimum absolute atomic E-state index is 0.122. The van der Waals surface area contributed by atoms with Crippen LogP contribution in [0.1, 0.15) is 44.5 Å². The first-order chi connectivity index (χ1) is 15.2. The number of hydrogen-bond donors (Lipinski definition) is 0. The number of morpholine rings is 1. The molecule has 6 nitrogen and oxygen atoms in total. The van der Waals surface area contributed by atoms with Gasteiger partial charge in [-0.1, -0.05) is 18.2 Å². The van der Waals surface area contributed by atoms with Crippen molar-refractivity contribution in [2.24, 2.45) is 7.05 Å². The molecule has 1 fully saturated rings. The van der Waals surface area contributed by atoms with Gasteiger partial charge < -0.3 is 9.64 Å². The number of carbonyl (C=O) groups excluding carboxylic acids is 1. The third-order valence-corrected chi connectivity index (χ3v) is 5.33. The van der Waals surface area contributed by atoms with Crippen molar-refractivity contribution in [1.29, 1.82) is 0 Å². The second-order valence-corrected chi connectivity index (χ2v) is 7.93. The number of amides is 1. The molecule has 1 aromatic carbocycles. The molecule has 0 radical (unpaired) electrons. The van der Waals surface area contributed by atoms with Crippen molar-refractivity contribution in [1.82, 2.24) is 19.7 Å². The molecule has 9 heteroatoms. The zero-order valence-corrected chi connectivity index (χ0v) is 17.8. The third-order valence-electron chi connectivity index (χ3n) is 5.33. The van der Waals surface area contributed by atoms with E-state index in [1.165, 1.54) is 18.3 Å². The van der Waals surface area contributed by atoms with E-state index in [0.717, 1.165) is 17.3 Å². The summed E-state index contributed by atoms with van der Waals surface area (Å²) in [5.41, 5.74) is 2.65. The van der Waals surface area contributed by atoms with Gasteiger partial charge in [0.2, 0.25) is 0 Å². The predicted molar refractivity (Wildman–Crippen MR) is 111 cm³/mol. The second-order valence-electron chi connectivity index (χ2n) is 7.93. The molecule has 1 atom stereocenters. The van der Waals surface area contributed by atoms with Crippen molar-refractivity contribution in [3.05, 3.63) is 82.4 Å². The third kappa shape index (κ3) is 4.99. The van der Waals surface area contributed by atoms with Crippen molar-refractivity contribution < 1.29 is 22.7 Å². The van der Waals surface area contributed by atoms with Gasteiger partial charge in [0, 0.05) is 25.5 Å². The van der Waals surface area contributed by atoms with Gasteiger partial charge in [0.15, 0.2) is 0 Å². The molecule has 1 aliphatic rings. The first-order valence-corrected chi connectivity index (χ1v) is 10.2.